The molecule has 0 aliphatic carbocycles. The number of hydrogen-bond donors (Lipinski definition) is 1. The minimum atomic E-state index is -1.12. The summed E-state index contributed by atoms with van der Waals surface area (Å²) >= 11 is 5.66. The Kier molecular flexibility index (Phi) is 6.58. The largest absolute Gasteiger partial charge is 0.479 e. The molecule has 0 bridgehead atoms. The Balaban J connectivity index is 1.91. The number of rotatable bonds is 6. The number of aryl methyl sites for hydroxylation is 1. The van der Waals surface area contributed by atoms with Gasteiger partial charge < -0.3 is 14.8 Å². The molecule has 2 rings (SSSR count). The number of nitrogens with one attached hydrogen (secondary N) is 1. The summed E-state index contributed by atoms with van der Waals surface area (Å²) in [4.78, 5) is 24.2. The van der Waals surface area contributed by atoms with E-state index in [-0.39, 0.29) is 10.7 Å². The maximum absolute atomic E-state index is 13.7. The van der Waals surface area contributed by atoms with Gasteiger partial charge in [0.15, 0.2) is 12.2 Å². The highest BCUT2D eigenvalue weighted by molar-refractivity contribution is 6.30. The first kappa shape index (κ1) is 19.7. The zero-order chi connectivity index (χ0) is 19.3. The van der Waals surface area contributed by atoms with Crippen LogP contribution in [0.3, 0.4) is 0 Å². The van der Waals surface area contributed by atoms with Gasteiger partial charge in [-0.05, 0) is 56.7 Å². The number of amides is 1. The van der Waals surface area contributed by atoms with Crippen LogP contribution in [-0.4, -0.2) is 24.1 Å². The Morgan fingerprint density at radius 1 is 1.12 bits per heavy atom. The van der Waals surface area contributed by atoms with Crippen LogP contribution in [0.15, 0.2) is 42.5 Å². The molecule has 0 aliphatic rings. The lowest BCUT2D eigenvalue weighted by Gasteiger charge is -2.18. The highest BCUT2D eigenvalue weighted by atomic mass is 35.5. The van der Waals surface area contributed by atoms with Crippen molar-refractivity contribution in [3.05, 3.63) is 58.9 Å². The fourth-order valence-electron chi connectivity index (χ4n) is 2.09. The first-order valence-electron chi connectivity index (χ1n) is 7.96. The van der Waals surface area contributed by atoms with Crippen LogP contribution in [0.4, 0.5) is 10.1 Å². The standard InChI is InChI=1S/C19H19ClFNO4/c1-11-5-4-6-15(9-11)25-13(3)19(24)26-12(2)18(23)22-17-8-7-14(20)10-16(17)21/h4-10,12-13H,1-3H3,(H,22,23)/t12-,13-/m1/s1. The summed E-state index contributed by atoms with van der Waals surface area (Å²) in [5.74, 6) is -1.52. The molecule has 0 heterocycles. The Morgan fingerprint density at radius 3 is 2.50 bits per heavy atom. The summed E-state index contributed by atoms with van der Waals surface area (Å²) in [5, 5.41) is 2.56. The number of benzene rings is 2. The second-order valence-electron chi connectivity index (χ2n) is 5.77. The average Bonchev–Trinajstić information content (AvgIpc) is 2.57. The minimum absolute atomic E-state index is 0.0497. The molecule has 26 heavy (non-hydrogen) atoms. The van der Waals surface area contributed by atoms with Crippen molar-refractivity contribution in [1.82, 2.24) is 0 Å². The molecule has 0 saturated heterocycles. The van der Waals surface area contributed by atoms with Gasteiger partial charge in [0.2, 0.25) is 0 Å². The van der Waals surface area contributed by atoms with Gasteiger partial charge in [-0.2, -0.15) is 0 Å². The molecule has 5 nitrogen and oxygen atoms in total. The summed E-state index contributed by atoms with van der Waals surface area (Å²) in [6, 6.07) is 11.0. The molecule has 2 aromatic rings. The third-order valence-electron chi connectivity index (χ3n) is 3.49. The van der Waals surface area contributed by atoms with Crippen LogP contribution < -0.4 is 10.1 Å². The van der Waals surface area contributed by atoms with Gasteiger partial charge in [0.1, 0.15) is 11.6 Å². The normalized spacial score (nSPS) is 12.8. The molecule has 0 aliphatic heterocycles. The van der Waals surface area contributed by atoms with Crippen molar-refractivity contribution in [3.8, 4) is 5.75 Å². The summed E-state index contributed by atoms with van der Waals surface area (Å²) in [6.45, 7) is 4.81. The minimum Gasteiger partial charge on any atom is -0.479 e. The molecule has 7 heteroatoms. The topological polar surface area (TPSA) is 64.6 Å². The Labute approximate surface area is 156 Å². The van der Waals surface area contributed by atoms with Crippen molar-refractivity contribution in [2.75, 3.05) is 5.32 Å². The van der Waals surface area contributed by atoms with Gasteiger partial charge in [-0.15, -0.1) is 0 Å². The number of hydrogen-bond acceptors (Lipinski definition) is 4. The van der Waals surface area contributed by atoms with Gasteiger partial charge in [0.05, 0.1) is 5.69 Å². The van der Waals surface area contributed by atoms with E-state index in [0.717, 1.165) is 11.6 Å². The van der Waals surface area contributed by atoms with Gasteiger partial charge in [0, 0.05) is 5.02 Å². The molecule has 2 aromatic carbocycles. The maximum atomic E-state index is 13.7. The predicted octanol–water partition coefficient (Wildman–Crippen LogP) is 4.13. The quantitative estimate of drug-likeness (QED) is 0.766. The van der Waals surface area contributed by atoms with Crippen LogP contribution >= 0.6 is 11.6 Å². The highest BCUT2D eigenvalue weighted by Crippen LogP contribution is 2.19. The van der Waals surface area contributed by atoms with E-state index >= 15 is 0 Å². The summed E-state index contributed by atoms with van der Waals surface area (Å²) in [7, 11) is 0. The Hall–Kier alpha value is -2.60. The van der Waals surface area contributed by atoms with Gasteiger partial charge >= 0.3 is 5.97 Å². The monoisotopic (exact) mass is 379 g/mol. The van der Waals surface area contributed by atoms with Crippen LogP contribution in [0, 0.1) is 12.7 Å². The molecule has 0 saturated carbocycles. The summed E-state index contributed by atoms with van der Waals surface area (Å²) < 4.78 is 24.3. The van der Waals surface area contributed by atoms with Crippen LogP contribution in [0.2, 0.25) is 5.02 Å². The van der Waals surface area contributed by atoms with Crippen molar-refractivity contribution >= 4 is 29.2 Å². The fraction of sp³-hybridized carbons (Fsp3) is 0.263. The van der Waals surface area contributed by atoms with Crippen molar-refractivity contribution in [3.63, 3.8) is 0 Å². The van der Waals surface area contributed by atoms with E-state index in [9.17, 15) is 14.0 Å². The molecule has 0 unspecified atom stereocenters. The van der Waals surface area contributed by atoms with Crippen molar-refractivity contribution in [2.24, 2.45) is 0 Å². The number of halogens is 2. The summed E-state index contributed by atoms with van der Waals surface area (Å²) in [6.07, 6.45) is -2.03. The van der Waals surface area contributed by atoms with Crippen LogP contribution in [0.5, 0.6) is 5.75 Å². The van der Waals surface area contributed by atoms with Gasteiger partial charge in [-0.25, -0.2) is 9.18 Å². The number of esters is 1. The van der Waals surface area contributed by atoms with Crippen molar-refractivity contribution in [2.45, 2.75) is 33.0 Å². The maximum Gasteiger partial charge on any atom is 0.347 e. The van der Waals surface area contributed by atoms with E-state index in [1.165, 1.54) is 26.0 Å². The van der Waals surface area contributed by atoms with Crippen LogP contribution in [0.1, 0.15) is 19.4 Å². The Bertz CT molecular complexity index is 812. The first-order valence-corrected chi connectivity index (χ1v) is 8.34. The van der Waals surface area contributed by atoms with E-state index in [1.807, 2.05) is 13.0 Å². The van der Waals surface area contributed by atoms with E-state index in [1.54, 1.807) is 18.2 Å². The van der Waals surface area contributed by atoms with Crippen molar-refractivity contribution < 1.29 is 23.5 Å². The molecular weight excluding hydrogens is 361 g/mol. The smallest absolute Gasteiger partial charge is 0.347 e. The molecule has 0 fully saturated rings. The molecule has 0 aromatic heterocycles. The molecule has 138 valence electrons. The molecule has 1 amide bonds. The van der Waals surface area contributed by atoms with Gasteiger partial charge in [-0.1, -0.05) is 23.7 Å². The first-order chi connectivity index (χ1) is 12.3. The molecule has 0 radical (unpaired) electrons. The van der Waals surface area contributed by atoms with Crippen LogP contribution in [0.25, 0.3) is 0 Å². The third-order valence-corrected chi connectivity index (χ3v) is 3.72. The highest BCUT2D eigenvalue weighted by Gasteiger charge is 2.24. The molecule has 1 N–H and O–H groups in total. The lowest BCUT2D eigenvalue weighted by Crippen LogP contribution is -2.35. The Morgan fingerprint density at radius 2 is 1.85 bits per heavy atom. The average molecular weight is 380 g/mol. The number of carbonyl (C=O) groups is 2. The second-order valence-corrected chi connectivity index (χ2v) is 6.21. The van der Waals surface area contributed by atoms with Crippen molar-refractivity contribution in [1.29, 1.82) is 0 Å². The van der Waals surface area contributed by atoms with Crippen LogP contribution in [-0.2, 0) is 14.3 Å². The number of anilines is 1. The number of carbonyl (C=O) groups excluding carboxylic acids is 2. The van der Waals surface area contributed by atoms with E-state index in [0.29, 0.717) is 5.75 Å². The zero-order valence-electron chi connectivity index (χ0n) is 14.6. The third kappa shape index (κ3) is 5.46. The zero-order valence-corrected chi connectivity index (χ0v) is 15.3. The SMILES string of the molecule is Cc1cccc(O[C@H](C)C(=O)O[C@H](C)C(=O)Nc2ccc(Cl)cc2F)c1. The number of ether oxygens (including phenoxy) is 2. The lowest BCUT2D eigenvalue weighted by molar-refractivity contribution is -0.159. The fourth-order valence-corrected chi connectivity index (χ4v) is 2.25. The summed E-state index contributed by atoms with van der Waals surface area (Å²) in [5.41, 5.74) is 0.937. The van der Waals surface area contributed by atoms with E-state index in [4.69, 9.17) is 21.1 Å². The molecular formula is C19H19ClFNO4. The predicted molar refractivity (Wildman–Crippen MR) is 96.9 cm³/mol. The molecule has 2 atom stereocenters. The van der Waals surface area contributed by atoms with Gasteiger partial charge in [0.25, 0.3) is 5.91 Å². The van der Waals surface area contributed by atoms with E-state index < -0.39 is 29.9 Å². The molecule has 0 spiro atoms. The van der Waals surface area contributed by atoms with Gasteiger partial charge in [-0.3, -0.25) is 4.79 Å². The second kappa shape index (κ2) is 8.67. The van der Waals surface area contributed by atoms with E-state index in [2.05, 4.69) is 5.32 Å². The lowest BCUT2D eigenvalue weighted by atomic mass is 10.2.